The van der Waals surface area contributed by atoms with Crippen LogP contribution in [0.25, 0.3) is 0 Å². The van der Waals surface area contributed by atoms with Gasteiger partial charge in [0.1, 0.15) is 11.6 Å². The van der Waals surface area contributed by atoms with Crippen LogP contribution in [-0.2, 0) is 17.8 Å². The van der Waals surface area contributed by atoms with Gasteiger partial charge in [0.05, 0.1) is 25.3 Å². The summed E-state index contributed by atoms with van der Waals surface area (Å²) in [5.41, 5.74) is 1.70. The first-order valence-corrected chi connectivity index (χ1v) is 10.6. The molecule has 0 saturated carbocycles. The van der Waals surface area contributed by atoms with Crippen molar-refractivity contribution in [2.45, 2.75) is 33.3 Å². The minimum absolute atomic E-state index is 0.127. The van der Waals surface area contributed by atoms with E-state index < -0.39 is 0 Å². The number of carbonyl (C=O) groups is 1. The zero-order valence-corrected chi connectivity index (χ0v) is 18.7. The molecule has 1 aliphatic rings. The average Bonchev–Trinajstić information content (AvgIpc) is 2.74. The van der Waals surface area contributed by atoms with Gasteiger partial charge >= 0.3 is 0 Å². The molecular formula is C23H27ClFNO5. The van der Waals surface area contributed by atoms with Crippen molar-refractivity contribution in [2.24, 2.45) is 5.92 Å². The maximum absolute atomic E-state index is 13.9. The van der Waals surface area contributed by atoms with Crippen LogP contribution in [0.15, 0.2) is 24.3 Å². The molecule has 2 aromatic carbocycles. The number of methoxy groups -OCH3 is 1. The maximum Gasteiger partial charge on any atom is 0.251 e. The van der Waals surface area contributed by atoms with Gasteiger partial charge in [-0.15, -0.1) is 0 Å². The molecule has 0 unspecified atom stereocenters. The van der Waals surface area contributed by atoms with E-state index in [4.69, 9.17) is 30.5 Å². The van der Waals surface area contributed by atoms with E-state index in [0.717, 1.165) is 6.42 Å². The normalized spacial score (nSPS) is 12.8. The summed E-state index contributed by atoms with van der Waals surface area (Å²) in [4.78, 5) is 12.6. The number of ether oxygens (including phenoxy) is 4. The van der Waals surface area contributed by atoms with E-state index in [-0.39, 0.29) is 18.5 Å². The predicted octanol–water partition coefficient (Wildman–Crippen LogP) is 4.75. The molecule has 8 heteroatoms. The van der Waals surface area contributed by atoms with Gasteiger partial charge in [0, 0.05) is 17.7 Å². The third kappa shape index (κ3) is 6.02. The van der Waals surface area contributed by atoms with Crippen molar-refractivity contribution in [2.75, 3.05) is 27.1 Å². The molecule has 0 radical (unpaired) electrons. The van der Waals surface area contributed by atoms with Gasteiger partial charge in [-0.05, 0) is 48.6 Å². The van der Waals surface area contributed by atoms with Gasteiger partial charge in [-0.25, -0.2) is 4.39 Å². The molecular weight excluding hydrogens is 425 g/mol. The van der Waals surface area contributed by atoms with E-state index in [9.17, 15) is 9.18 Å². The zero-order valence-electron chi connectivity index (χ0n) is 17.9. The Morgan fingerprint density at radius 1 is 1.29 bits per heavy atom. The monoisotopic (exact) mass is 451 g/mol. The van der Waals surface area contributed by atoms with E-state index in [0.29, 0.717) is 71.1 Å². The van der Waals surface area contributed by atoms with Crippen molar-refractivity contribution in [1.82, 2.24) is 5.32 Å². The lowest BCUT2D eigenvalue weighted by Crippen LogP contribution is -2.26. The highest BCUT2D eigenvalue weighted by Gasteiger charge is 2.18. The molecule has 1 heterocycles. The molecule has 0 fully saturated rings. The number of hydrogen-bond acceptors (Lipinski definition) is 5. The van der Waals surface area contributed by atoms with Crippen molar-refractivity contribution >= 4 is 17.5 Å². The topological polar surface area (TPSA) is 66.0 Å². The van der Waals surface area contributed by atoms with E-state index in [1.807, 2.05) is 0 Å². The van der Waals surface area contributed by atoms with Crippen LogP contribution < -0.4 is 19.5 Å². The molecule has 3 rings (SSSR count). The number of benzene rings is 2. The summed E-state index contributed by atoms with van der Waals surface area (Å²) in [6.45, 7) is 5.44. The fourth-order valence-electron chi connectivity index (χ4n) is 3.24. The Hall–Kier alpha value is -2.51. The van der Waals surface area contributed by atoms with Crippen molar-refractivity contribution in [3.8, 4) is 17.2 Å². The Morgan fingerprint density at radius 3 is 2.84 bits per heavy atom. The summed E-state index contributed by atoms with van der Waals surface area (Å²) in [6, 6.07) is 5.96. The first-order chi connectivity index (χ1) is 14.9. The van der Waals surface area contributed by atoms with Crippen LogP contribution in [0.1, 0.15) is 41.8 Å². The molecule has 0 aliphatic carbocycles. The van der Waals surface area contributed by atoms with Crippen LogP contribution in [0.4, 0.5) is 4.39 Å². The molecule has 1 aliphatic heterocycles. The van der Waals surface area contributed by atoms with Gasteiger partial charge in [-0.3, -0.25) is 4.79 Å². The molecule has 0 spiro atoms. The Balaban J connectivity index is 1.64. The summed E-state index contributed by atoms with van der Waals surface area (Å²) < 4.78 is 35.7. The Morgan fingerprint density at radius 2 is 2.10 bits per heavy atom. The number of carbonyl (C=O) groups excluding carboxylic acids is 1. The molecule has 1 N–H and O–H groups in total. The number of rotatable bonds is 9. The Kier molecular flexibility index (Phi) is 7.98. The predicted molar refractivity (Wildman–Crippen MR) is 116 cm³/mol. The van der Waals surface area contributed by atoms with Gasteiger partial charge in [-0.1, -0.05) is 25.4 Å². The summed E-state index contributed by atoms with van der Waals surface area (Å²) in [7, 11) is 1.50. The van der Waals surface area contributed by atoms with E-state index in [1.54, 1.807) is 12.1 Å². The van der Waals surface area contributed by atoms with Crippen LogP contribution in [-0.4, -0.2) is 33.0 Å². The fraction of sp³-hybridized carbons (Fsp3) is 0.435. The lowest BCUT2D eigenvalue weighted by Gasteiger charge is -2.21. The minimum atomic E-state index is -0.362. The molecule has 0 atom stereocenters. The summed E-state index contributed by atoms with van der Waals surface area (Å²) in [5, 5.41) is 3.13. The second-order valence-corrected chi connectivity index (χ2v) is 8.10. The third-order valence-corrected chi connectivity index (χ3v) is 5.15. The average molecular weight is 452 g/mol. The molecule has 31 heavy (non-hydrogen) atoms. The SMILES string of the molecule is COc1cc(C(=O)NCCc2cc(F)cc3c2OCOC3)cc(Cl)c1OCCC(C)C. The van der Waals surface area contributed by atoms with Gasteiger partial charge in [-0.2, -0.15) is 0 Å². The van der Waals surface area contributed by atoms with E-state index in [2.05, 4.69) is 19.2 Å². The summed E-state index contributed by atoms with van der Waals surface area (Å²) >= 11 is 6.34. The highest BCUT2D eigenvalue weighted by atomic mass is 35.5. The second-order valence-electron chi connectivity index (χ2n) is 7.69. The Labute approximate surface area is 186 Å². The van der Waals surface area contributed by atoms with Gasteiger partial charge in [0.25, 0.3) is 5.91 Å². The smallest absolute Gasteiger partial charge is 0.251 e. The number of halogens is 2. The van der Waals surface area contributed by atoms with Crippen LogP contribution in [0.3, 0.4) is 0 Å². The quantitative estimate of drug-likeness (QED) is 0.596. The number of hydrogen-bond donors (Lipinski definition) is 1. The molecule has 6 nitrogen and oxygen atoms in total. The Bertz CT molecular complexity index is 935. The van der Waals surface area contributed by atoms with Gasteiger partial charge in [0.15, 0.2) is 18.3 Å². The van der Waals surface area contributed by atoms with Crippen LogP contribution >= 0.6 is 11.6 Å². The molecule has 0 aromatic heterocycles. The van der Waals surface area contributed by atoms with Gasteiger partial charge < -0.3 is 24.3 Å². The summed E-state index contributed by atoms with van der Waals surface area (Å²) in [5.74, 6) is 1.26. The first kappa shape index (κ1) is 23.2. The second kappa shape index (κ2) is 10.7. The van der Waals surface area contributed by atoms with Crippen molar-refractivity contribution in [3.63, 3.8) is 0 Å². The third-order valence-electron chi connectivity index (χ3n) is 4.86. The standard InChI is InChI=1S/C23H27ClFNO5/c1-14(2)5-7-30-22-19(24)10-16(11-20(22)28-3)23(27)26-6-4-15-8-18(25)9-17-12-29-13-31-21(15)17/h8-11,14H,4-7,12-13H2,1-3H3,(H,26,27). The van der Waals surface area contributed by atoms with E-state index in [1.165, 1.54) is 19.2 Å². The number of fused-ring (bicyclic) bond motifs is 1. The van der Waals surface area contributed by atoms with Crippen LogP contribution in [0.5, 0.6) is 17.2 Å². The van der Waals surface area contributed by atoms with E-state index >= 15 is 0 Å². The highest BCUT2D eigenvalue weighted by Crippen LogP contribution is 2.36. The van der Waals surface area contributed by atoms with Crippen LogP contribution in [0.2, 0.25) is 5.02 Å². The molecule has 0 bridgehead atoms. The molecule has 2 aromatic rings. The van der Waals surface area contributed by atoms with Gasteiger partial charge in [0.2, 0.25) is 0 Å². The van der Waals surface area contributed by atoms with Crippen LogP contribution in [0, 0.1) is 11.7 Å². The highest BCUT2D eigenvalue weighted by molar-refractivity contribution is 6.32. The summed E-state index contributed by atoms with van der Waals surface area (Å²) in [6.07, 6.45) is 1.29. The van der Waals surface area contributed by atoms with Crippen molar-refractivity contribution < 1.29 is 28.1 Å². The fourth-order valence-corrected chi connectivity index (χ4v) is 3.51. The number of nitrogens with one attached hydrogen (secondary N) is 1. The first-order valence-electron chi connectivity index (χ1n) is 10.2. The molecule has 0 saturated heterocycles. The lowest BCUT2D eigenvalue weighted by molar-refractivity contribution is -0.0172. The zero-order chi connectivity index (χ0) is 22.4. The molecule has 1 amide bonds. The van der Waals surface area contributed by atoms with Crippen molar-refractivity contribution in [1.29, 1.82) is 0 Å². The lowest BCUT2D eigenvalue weighted by atomic mass is 10.1. The minimum Gasteiger partial charge on any atom is -0.493 e. The largest absolute Gasteiger partial charge is 0.493 e. The maximum atomic E-state index is 13.9. The molecule has 168 valence electrons. The van der Waals surface area contributed by atoms with Crippen molar-refractivity contribution in [3.05, 3.63) is 51.8 Å². The number of amides is 1.